The first kappa shape index (κ1) is 17.0. The van der Waals surface area contributed by atoms with E-state index in [0.717, 1.165) is 19.0 Å². The second kappa shape index (κ2) is 7.44. The molecule has 2 aliphatic rings. The van der Waals surface area contributed by atoms with Crippen LogP contribution in [0.2, 0.25) is 0 Å². The summed E-state index contributed by atoms with van der Waals surface area (Å²) in [7, 11) is 1.67. The molecule has 0 saturated carbocycles. The van der Waals surface area contributed by atoms with Gasteiger partial charge in [-0.2, -0.15) is 0 Å². The van der Waals surface area contributed by atoms with Crippen molar-refractivity contribution in [1.29, 1.82) is 0 Å². The number of rotatable bonds is 5. The Bertz CT molecular complexity index is 699. The quantitative estimate of drug-likeness (QED) is 0.818. The maximum absolute atomic E-state index is 5.17. The summed E-state index contributed by atoms with van der Waals surface area (Å²) in [6, 6.07) is 9.34. The van der Waals surface area contributed by atoms with Gasteiger partial charge in [-0.15, -0.1) is 11.3 Å². The van der Waals surface area contributed by atoms with Gasteiger partial charge in [0.05, 0.1) is 7.11 Å². The van der Waals surface area contributed by atoms with Gasteiger partial charge in [0, 0.05) is 47.7 Å². The second-order valence-electron chi connectivity index (χ2n) is 7.33. The van der Waals surface area contributed by atoms with Crippen molar-refractivity contribution in [2.75, 3.05) is 26.7 Å². The molecule has 0 radical (unpaired) electrons. The van der Waals surface area contributed by atoms with Crippen LogP contribution in [0.25, 0.3) is 0 Å². The van der Waals surface area contributed by atoms with Crippen molar-refractivity contribution in [1.82, 2.24) is 14.8 Å². The van der Waals surface area contributed by atoms with E-state index in [9.17, 15) is 0 Å². The van der Waals surface area contributed by atoms with E-state index in [4.69, 9.17) is 4.74 Å². The first-order chi connectivity index (χ1) is 12.2. The Morgan fingerprint density at radius 3 is 2.76 bits per heavy atom. The first-order valence-corrected chi connectivity index (χ1v) is 10.0. The SMILES string of the molecule is COc1ccc(CN2CCC3CCN(Cc4ccc(C)s4)CC32)cn1. The van der Waals surface area contributed by atoms with Gasteiger partial charge in [0.2, 0.25) is 5.88 Å². The average molecular weight is 358 g/mol. The topological polar surface area (TPSA) is 28.6 Å². The zero-order chi connectivity index (χ0) is 17.2. The summed E-state index contributed by atoms with van der Waals surface area (Å²) < 4.78 is 5.17. The van der Waals surface area contributed by atoms with E-state index in [1.54, 1.807) is 7.11 Å². The third kappa shape index (κ3) is 3.89. The standard InChI is InChI=1S/C20H27N3OS/c1-15-3-5-18(25-15)13-22-9-7-17-8-10-23(19(17)14-22)12-16-4-6-20(24-2)21-11-16/h3-6,11,17,19H,7-10,12-14H2,1-2H3. The van der Waals surface area contributed by atoms with Gasteiger partial charge in [-0.1, -0.05) is 6.07 Å². The van der Waals surface area contributed by atoms with Crippen LogP contribution in [0.3, 0.4) is 0 Å². The molecule has 2 aliphatic heterocycles. The number of hydrogen-bond donors (Lipinski definition) is 0. The highest BCUT2D eigenvalue weighted by Crippen LogP contribution is 2.33. The van der Waals surface area contributed by atoms with Crippen molar-refractivity contribution < 1.29 is 4.74 Å². The third-order valence-electron chi connectivity index (χ3n) is 5.63. The molecular weight excluding hydrogens is 330 g/mol. The minimum Gasteiger partial charge on any atom is -0.481 e. The van der Waals surface area contributed by atoms with E-state index < -0.39 is 0 Å². The van der Waals surface area contributed by atoms with Crippen LogP contribution in [0, 0.1) is 12.8 Å². The first-order valence-electron chi connectivity index (χ1n) is 9.22. The Balaban J connectivity index is 1.39. The molecule has 134 valence electrons. The summed E-state index contributed by atoms with van der Waals surface area (Å²) in [5, 5.41) is 0. The molecule has 0 aromatic carbocycles. The zero-order valence-electron chi connectivity index (χ0n) is 15.1. The summed E-state index contributed by atoms with van der Waals surface area (Å²) in [5.41, 5.74) is 1.28. The Kier molecular flexibility index (Phi) is 5.06. The highest BCUT2D eigenvalue weighted by atomic mass is 32.1. The summed E-state index contributed by atoms with van der Waals surface area (Å²) >= 11 is 1.94. The van der Waals surface area contributed by atoms with Crippen molar-refractivity contribution in [3.05, 3.63) is 45.8 Å². The molecule has 2 unspecified atom stereocenters. The number of aryl methyl sites for hydroxylation is 1. The summed E-state index contributed by atoms with van der Waals surface area (Å²) in [4.78, 5) is 12.6. The van der Waals surface area contributed by atoms with Crippen LogP contribution < -0.4 is 4.74 Å². The molecule has 5 heteroatoms. The number of aromatic nitrogens is 1. The van der Waals surface area contributed by atoms with Crippen LogP contribution in [-0.2, 0) is 13.1 Å². The van der Waals surface area contributed by atoms with Gasteiger partial charge in [0.1, 0.15) is 0 Å². The molecule has 0 N–H and O–H groups in total. The predicted octanol–water partition coefficient (Wildman–Crippen LogP) is 3.56. The fraction of sp³-hybridized carbons (Fsp3) is 0.550. The molecule has 2 aromatic rings. The van der Waals surface area contributed by atoms with E-state index in [-0.39, 0.29) is 0 Å². The number of thiophene rings is 1. The fourth-order valence-electron chi connectivity index (χ4n) is 4.28. The second-order valence-corrected chi connectivity index (χ2v) is 8.70. The van der Waals surface area contributed by atoms with E-state index in [1.807, 2.05) is 23.6 Å². The van der Waals surface area contributed by atoms with Gasteiger partial charge in [0.15, 0.2) is 0 Å². The minimum absolute atomic E-state index is 0.692. The van der Waals surface area contributed by atoms with Gasteiger partial charge < -0.3 is 4.74 Å². The fourth-order valence-corrected chi connectivity index (χ4v) is 5.22. The van der Waals surface area contributed by atoms with Crippen LogP contribution in [-0.4, -0.2) is 47.6 Å². The van der Waals surface area contributed by atoms with Gasteiger partial charge in [-0.25, -0.2) is 4.98 Å². The molecule has 2 aromatic heterocycles. The molecule has 2 saturated heterocycles. The van der Waals surface area contributed by atoms with E-state index in [0.29, 0.717) is 11.9 Å². The van der Waals surface area contributed by atoms with Crippen LogP contribution in [0.1, 0.15) is 28.2 Å². The molecule has 0 spiro atoms. The Hall–Kier alpha value is -1.43. The van der Waals surface area contributed by atoms with Gasteiger partial charge >= 0.3 is 0 Å². The van der Waals surface area contributed by atoms with Crippen molar-refractivity contribution in [2.24, 2.45) is 5.92 Å². The lowest BCUT2D eigenvalue weighted by Gasteiger charge is -2.38. The van der Waals surface area contributed by atoms with Gasteiger partial charge in [0.25, 0.3) is 0 Å². The van der Waals surface area contributed by atoms with Crippen molar-refractivity contribution >= 4 is 11.3 Å². The number of piperidine rings is 1. The molecule has 0 bridgehead atoms. The molecule has 25 heavy (non-hydrogen) atoms. The number of ether oxygens (including phenoxy) is 1. The van der Waals surface area contributed by atoms with Crippen molar-refractivity contribution in [3.63, 3.8) is 0 Å². The van der Waals surface area contributed by atoms with Crippen molar-refractivity contribution in [3.8, 4) is 5.88 Å². The van der Waals surface area contributed by atoms with Crippen LogP contribution in [0.4, 0.5) is 0 Å². The minimum atomic E-state index is 0.692. The molecule has 0 aliphatic carbocycles. The number of pyridine rings is 1. The van der Waals surface area contributed by atoms with Crippen molar-refractivity contribution in [2.45, 2.75) is 38.9 Å². The third-order valence-corrected chi connectivity index (χ3v) is 6.61. The van der Waals surface area contributed by atoms with Crippen LogP contribution in [0.5, 0.6) is 5.88 Å². The molecule has 2 fully saturated rings. The molecule has 4 heterocycles. The van der Waals surface area contributed by atoms with E-state index in [2.05, 4.69) is 39.9 Å². The predicted molar refractivity (Wildman–Crippen MR) is 102 cm³/mol. The Morgan fingerprint density at radius 1 is 1.16 bits per heavy atom. The summed E-state index contributed by atoms with van der Waals surface area (Å²) in [6.07, 6.45) is 4.65. The lowest BCUT2D eigenvalue weighted by molar-refractivity contribution is 0.0966. The molecular formula is C20H27N3OS. The van der Waals surface area contributed by atoms with Gasteiger partial charge in [-0.3, -0.25) is 9.80 Å². The lowest BCUT2D eigenvalue weighted by atomic mass is 9.92. The van der Waals surface area contributed by atoms with Crippen LogP contribution in [0.15, 0.2) is 30.5 Å². The normalized spacial score (nSPS) is 24.4. The molecule has 4 nitrogen and oxygen atoms in total. The molecule has 0 amide bonds. The zero-order valence-corrected chi connectivity index (χ0v) is 16.0. The van der Waals surface area contributed by atoms with Gasteiger partial charge in [-0.05, 0) is 56.5 Å². The van der Waals surface area contributed by atoms with Crippen LogP contribution >= 0.6 is 11.3 Å². The van der Waals surface area contributed by atoms with E-state index >= 15 is 0 Å². The highest BCUT2D eigenvalue weighted by molar-refractivity contribution is 7.11. The summed E-state index contributed by atoms with van der Waals surface area (Å²) in [6.45, 7) is 7.97. The number of methoxy groups -OCH3 is 1. The smallest absolute Gasteiger partial charge is 0.212 e. The maximum atomic E-state index is 5.17. The Morgan fingerprint density at radius 2 is 2.04 bits per heavy atom. The Labute approximate surface area is 154 Å². The maximum Gasteiger partial charge on any atom is 0.212 e. The number of likely N-dealkylation sites (tertiary alicyclic amines) is 2. The summed E-state index contributed by atoms with van der Waals surface area (Å²) in [5.74, 6) is 1.56. The monoisotopic (exact) mass is 357 g/mol. The van der Waals surface area contributed by atoms with E-state index in [1.165, 1.54) is 47.8 Å². The lowest BCUT2D eigenvalue weighted by Crippen LogP contribution is -2.47. The average Bonchev–Trinajstić information content (AvgIpc) is 3.22. The number of nitrogens with zero attached hydrogens (tertiary/aromatic N) is 3. The highest BCUT2D eigenvalue weighted by Gasteiger charge is 2.38. The molecule has 4 rings (SSSR count). The largest absolute Gasteiger partial charge is 0.481 e. The number of hydrogen-bond acceptors (Lipinski definition) is 5. The number of fused-ring (bicyclic) bond motifs is 1. The molecule has 2 atom stereocenters.